The molecule has 2 fully saturated rings. The van der Waals surface area contributed by atoms with Gasteiger partial charge in [-0.15, -0.1) is 0 Å². The third kappa shape index (κ3) is 4.35. The summed E-state index contributed by atoms with van der Waals surface area (Å²) in [5.74, 6) is 1.07. The lowest BCUT2D eigenvalue weighted by Gasteiger charge is -2.28. The van der Waals surface area contributed by atoms with E-state index in [9.17, 15) is 4.79 Å². The fraction of sp³-hybridized carbons (Fsp3) is 0.519. The minimum Gasteiger partial charge on any atom is -0.356 e. The van der Waals surface area contributed by atoms with E-state index in [0.717, 1.165) is 67.0 Å². The molecule has 174 valence electrons. The van der Waals surface area contributed by atoms with Crippen molar-refractivity contribution in [3.05, 3.63) is 47.4 Å². The van der Waals surface area contributed by atoms with E-state index in [1.165, 1.54) is 37.7 Å². The summed E-state index contributed by atoms with van der Waals surface area (Å²) >= 11 is 0. The van der Waals surface area contributed by atoms with E-state index in [1.807, 2.05) is 18.2 Å². The van der Waals surface area contributed by atoms with Crippen LogP contribution < -0.4 is 10.2 Å². The van der Waals surface area contributed by atoms with Crippen LogP contribution in [0.4, 0.5) is 5.82 Å². The average Bonchev–Trinajstić information content (AvgIpc) is 3.00. The van der Waals surface area contributed by atoms with Crippen LogP contribution in [0.15, 0.2) is 30.3 Å². The molecule has 3 aromatic rings. The van der Waals surface area contributed by atoms with Gasteiger partial charge in [-0.25, -0.2) is 9.97 Å². The summed E-state index contributed by atoms with van der Waals surface area (Å²) in [6.45, 7) is 6.24. The van der Waals surface area contributed by atoms with E-state index in [4.69, 9.17) is 9.97 Å². The smallest absolute Gasteiger partial charge is 0.289 e. The SMILES string of the molecule is Cc1c(C)n(-c2ccccc2)c2nc(C(=O)NC3CCCCCC3)nc(N3CCCCC3)c12. The predicted octanol–water partition coefficient (Wildman–Crippen LogP) is 5.48. The van der Waals surface area contributed by atoms with Crippen molar-refractivity contribution in [3.63, 3.8) is 0 Å². The first-order valence-corrected chi connectivity index (χ1v) is 12.6. The highest BCUT2D eigenvalue weighted by atomic mass is 16.2. The van der Waals surface area contributed by atoms with Crippen LogP contribution in [0, 0.1) is 13.8 Å². The maximum absolute atomic E-state index is 13.4. The standard InChI is InChI=1S/C27H35N5O/c1-19-20(2)32(22-15-9-5-10-16-22)26-23(19)25(31-17-11-6-12-18-31)29-24(30-26)27(33)28-21-13-7-3-4-8-14-21/h5,9-10,15-16,21H,3-4,6-8,11-14,17-18H2,1-2H3,(H,28,33). The van der Waals surface area contributed by atoms with Crippen LogP contribution >= 0.6 is 0 Å². The highest BCUT2D eigenvalue weighted by molar-refractivity contribution is 5.98. The molecule has 3 heterocycles. The zero-order valence-electron chi connectivity index (χ0n) is 19.9. The second-order valence-corrected chi connectivity index (χ2v) is 9.66. The first-order valence-electron chi connectivity index (χ1n) is 12.6. The van der Waals surface area contributed by atoms with Crippen molar-refractivity contribution in [1.29, 1.82) is 0 Å². The van der Waals surface area contributed by atoms with Gasteiger partial charge in [0.2, 0.25) is 5.82 Å². The van der Waals surface area contributed by atoms with Crippen molar-refractivity contribution in [2.45, 2.75) is 77.7 Å². The summed E-state index contributed by atoms with van der Waals surface area (Å²) in [5, 5.41) is 4.33. The van der Waals surface area contributed by atoms with E-state index in [-0.39, 0.29) is 11.9 Å². The Morgan fingerprint density at radius 1 is 0.909 bits per heavy atom. The number of para-hydroxylation sites is 1. The van der Waals surface area contributed by atoms with E-state index >= 15 is 0 Å². The van der Waals surface area contributed by atoms with Crippen LogP contribution in [0.25, 0.3) is 16.7 Å². The lowest BCUT2D eigenvalue weighted by atomic mass is 10.1. The molecule has 0 unspecified atom stereocenters. The zero-order valence-corrected chi connectivity index (χ0v) is 19.9. The van der Waals surface area contributed by atoms with Gasteiger partial charge in [0.05, 0.1) is 5.39 Å². The summed E-state index contributed by atoms with van der Waals surface area (Å²) in [6, 6.07) is 10.5. The van der Waals surface area contributed by atoms with Crippen LogP contribution in [-0.4, -0.2) is 39.6 Å². The molecule has 6 heteroatoms. The fourth-order valence-corrected chi connectivity index (χ4v) is 5.44. The van der Waals surface area contributed by atoms with Gasteiger partial charge in [-0.05, 0) is 63.6 Å². The van der Waals surface area contributed by atoms with Crippen molar-refractivity contribution in [3.8, 4) is 5.69 Å². The van der Waals surface area contributed by atoms with Crippen molar-refractivity contribution >= 4 is 22.8 Å². The molecule has 1 saturated carbocycles. The summed E-state index contributed by atoms with van der Waals surface area (Å²) < 4.78 is 2.18. The lowest BCUT2D eigenvalue weighted by Crippen LogP contribution is -2.36. The Bertz CT molecular complexity index is 1120. The molecule has 6 nitrogen and oxygen atoms in total. The van der Waals surface area contributed by atoms with Crippen molar-refractivity contribution in [1.82, 2.24) is 19.9 Å². The molecule has 1 aromatic carbocycles. The van der Waals surface area contributed by atoms with Gasteiger partial charge in [0.15, 0.2) is 5.65 Å². The molecule has 1 N–H and O–H groups in total. The van der Waals surface area contributed by atoms with Crippen molar-refractivity contribution in [2.24, 2.45) is 0 Å². The number of amides is 1. The molecule has 0 radical (unpaired) electrons. The number of benzene rings is 1. The van der Waals surface area contributed by atoms with Gasteiger partial charge >= 0.3 is 0 Å². The number of nitrogens with one attached hydrogen (secondary N) is 1. The summed E-state index contributed by atoms with van der Waals surface area (Å²) in [6.07, 6.45) is 10.5. The molecular weight excluding hydrogens is 410 g/mol. The van der Waals surface area contributed by atoms with Crippen molar-refractivity contribution < 1.29 is 4.79 Å². The molecule has 33 heavy (non-hydrogen) atoms. The van der Waals surface area contributed by atoms with Gasteiger partial charge in [0, 0.05) is 30.5 Å². The van der Waals surface area contributed by atoms with Crippen LogP contribution in [0.2, 0.25) is 0 Å². The Labute approximate surface area is 196 Å². The molecule has 0 spiro atoms. The molecule has 2 aromatic heterocycles. The Balaban J connectivity index is 1.63. The molecule has 1 aliphatic carbocycles. The summed E-state index contributed by atoms with van der Waals surface area (Å²) in [5.41, 5.74) is 4.22. The first-order chi connectivity index (χ1) is 16.1. The van der Waals surface area contributed by atoms with Crippen molar-refractivity contribution in [2.75, 3.05) is 18.0 Å². The summed E-state index contributed by atoms with van der Waals surface area (Å²) in [7, 11) is 0. The molecule has 2 aliphatic rings. The van der Waals surface area contributed by atoms with E-state index in [0.29, 0.717) is 5.82 Å². The van der Waals surface area contributed by atoms with Crippen LogP contribution in [0.3, 0.4) is 0 Å². The number of carbonyl (C=O) groups excluding carboxylic acids is 1. The van der Waals surface area contributed by atoms with Gasteiger partial charge in [0.25, 0.3) is 5.91 Å². The number of nitrogens with zero attached hydrogens (tertiary/aromatic N) is 4. The third-order valence-corrected chi connectivity index (χ3v) is 7.40. The highest BCUT2D eigenvalue weighted by Crippen LogP contribution is 2.34. The number of aryl methyl sites for hydroxylation is 1. The third-order valence-electron chi connectivity index (χ3n) is 7.40. The van der Waals surface area contributed by atoms with Crippen LogP contribution in [0.1, 0.15) is 79.7 Å². The molecule has 0 bridgehead atoms. The van der Waals surface area contributed by atoms with Gasteiger partial charge in [-0.3, -0.25) is 9.36 Å². The van der Waals surface area contributed by atoms with E-state index in [2.05, 4.69) is 40.8 Å². The average molecular weight is 446 g/mol. The maximum atomic E-state index is 13.4. The number of hydrogen-bond donors (Lipinski definition) is 1. The first kappa shape index (κ1) is 21.9. The molecule has 1 aliphatic heterocycles. The molecule has 1 saturated heterocycles. The number of piperidine rings is 1. The van der Waals surface area contributed by atoms with Crippen LogP contribution in [-0.2, 0) is 0 Å². The highest BCUT2D eigenvalue weighted by Gasteiger charge is 2.26. The maximum Gasteiger partial charge on any atom is 0.289 e. The Hall–Kier alpha value is -2.89. The van der Waals surface area contributed by atoms with Gasteiger partial charge in [-0.2, -0.15) is 0 Å². The monoisotopic (exact) mass is 445 g/mol. The van der Waals surface area contributed by atoms with E-state index < -0.39 is 0 Å². The number of aromatic nitrogens is 3. The predicted molar refractivity (Wildman–Crippen MR) is 133 cm³/mol. The topological polar surface area (TPSA) is 63.1 Å². The number of carbonyl (C=O) groups is 1. The zero-order chi connectivity index (χ0) is 22.8. The van der Waals surface area contributed by atoms with Crippen LogP contribution in [0.5, 0.6) is 0 Å². The minimum atomic E-state index is -0.141. The Kier molecular flexibility index (Phi) is 6.34. The minimum absolute atomic E-state index is 0.141. The lowest BCUT2D eigenvalue weighted by molar-refractivity contribution is 0.0923. The van der Waals surface area contributed by atoms with Gasteiger partial charge in [0.1, 0.15) is 5.82 Å². The Morgan fingerprint density at radius 3 is 2.27 bits per heavy atom. The molecule has 1 amide bonds. The number of hydrogen-bond acceptors (Lipinski definition) is 4. The van der Waals surface area contributed by atoms with Gasteiger partial charge in [-0.1, -0.05) is 43.9 Å². The normalized spacial score (nSPS) is 17.8. The second-order valence-electron chi connectivity index (χ2n) is 9.66. The Morgan fingerprint density at radius 2 is 1.58 bits per heavy atom. The second kappa shape index (κ2) is 9.54. The number of fused-ring (bicyclic) bond motifs is 1. The molecular formula is C27H35N5O. The summed E-state index contributed by atoms with van der Waals surface area (Å²) in [4.78, 5) is 25.5. The fourth-order valence-electron chi connectivity index (χ4n) is 5.44. The molecule has 0 atom stereocenters. The quantitative estimate of drug-likeness (QED) is 0.540. The largest absolute Gasteiger partial charge is 0.356 e. The molecule has 5 rings (SSSR count). The van der Waals surface area contributed by atoms with E-state index in [1.54, 1.807) is 0 Å². The number of anilines is 1. The number of rotatable bonds is 4. The van der Waals surface area contributed by atoms with Gasteiger partial charge < -0.3 is 10.2 Å².